The number of carbonyl (C=O) groups excluding carboxylic acids is 1. The monoisotopic (exact) mass is 383 g/mol. The molecular weight excluding hydrogens is 358 g/mol. The highest BCUT2D eigenvalue weighted by Crippen LogP contribution is 2.38. The topological polar surface area (TPSA) is 85.3 Å². The number of methoxy groups -OCH3 is 3. The highest BCUT2D eigenvalue weighted by Gasteiger charge is 2.28. The number of aryl methyl sites for hydroxylation is 1. The third-order valence-electron chi connectivity index (χ3n) is 4.31. The van der Waals surface area contributed by atoms with Crippen LogP contribution < -0.4 is 14.2 Å². The van der Waals surface area contributed by atoms with Crippen molar-refractivity contribution in [3.8, 4) is 17.2 Å². The van der Waals surface area contributed by atoms with E-state index in [1.807, 2.05) is 12.1 Å². The molecule has 0 bridgehead atoms. The van der Waals surface area contributed by atoms with Crippen LogP contribution in [0.25, 0.3) is 0 Å². The summed E-state index contributed by atoms with van der Waals surface area (Å²) >= 11 is 1.69. The summed E-state index contributed by atoms with van der Waals surface area (Å²) in [5.74, 6) is 2.22. The zero-order valence-electron chi connectivity index (χ0n) is 15.3. The Labute approximate surface area is 157 Å². The summed E-state index contributed by atoms with van der Waals surface area (Å²) in [5, 5.41) is 9.05. The number of aliphatic carboxylic acids is 1. The largest absolute Gasteiger partial charge is 0.493 e. The standard InChI is InChI=1S/C18H25NO6S/c1-23-14-8-12(9-15(24-2)18(14)25-3)4-5-16(20)19-6-7-26-11-13(19)10-17(21)22/h8-9,13H,4-7,10-11H2,1-3H3,(H,21,22). The lowest BCUT2D eigenvalue weighted by Gasteiger charge is -2.34. The molecular formula is C18H25NO6S. The average molecular weight is 383 g/mol. The first-order valence-corrected chi connectivity index (χ1v) is 9.53. The third-order valence-corrected chi connectivity index (χ3v) is 5.40. The van der Waals surface area contributed by atoms with E-state index < -0.39 is 5.97 Å². The van der Waals surface area contributed by atoms with E-state index in [1.165, 1.54) is 0 Å². The van der Waals surface area contributed by atoms with Crippen molar-refractivity contribution in [3.05, 3.63) is 17.7 Å². The first-order chi connectivity index (χ1) is 12.5. The van der Waals surface area contributed by atoms with Gasteiger partial charge in [0.2, 0.25) is 11.7 Å². The van der Waals surface area contributed by atoms with Gasteiger partial charge >= 0.3 is 5.97 Å². The van der Waals surface area contributed by atoms with Gasteiger partial charge in [-0.1, -0.05) is 0 Å². The molecule has 8 heteroatoms. The summed E-state index contributed by atoms with van der Waals surface area (Å²) < 4.78 is 16.0. The zero-order valence-corrected chi connectivity index (χ0v) is 16.1. The fraction of sp³-hybridized carbons (Fsp3) is 0.556. The minimum atomic E-state index is -0.875. The molecule has 0 aromatic heterocycles. The van der Waals surface area contributed by atoms with Crippen LogP contribution in [0.3, 0.4) is 0 Å². The molecule has 1 amide bonds. The summed E-state index contributed by atoms with van der Waals surface area (Å²) in [7, 11) is 4.64. The predicted molar refractivity (Wildman–Crippen MR) is 99.5 cm³/mol. The molecule has 1 N–H and O–H groups in total. The number of hydrogen-bond acceptors (Lipinski definition) is 6. The zero-order chi connectivity index (χ0) is 19.1. The molecule has 1 fully saturated rings. The van der Waals surface area contributed by atoms with Gasteiger partial charge in [-0.3, -0.25) is 9.59 Å². The van der Waals surface area contributed by atoms with Crippen molar-refractivity contribution >= 4 is 23.6 Å². The molecule has 1 aromatic rings. The molecule has 144 valence electrons. The molecule has 0 saturated carbocycles. The average Bonchev–Trinajstić information content (AvgIpc) is 2.65. The number of ether oxygens (including phenoxy) is 3. The molecule has 7 nitrogen and oxygen atoms in total. The number of carboxylic acid groups (broad SMARTS) is 1. The molecule has 1 unspecified atom stereocenters. The lowest BCUT2D eigenvalue weighted by Crippen LogP contribution is -2.47. The smallest absolute Gasteiger partial charge is 0.305 e. The third kappa shape index (κ3) is 4.97. The summed E-state index contributed by atoms with van der Waals surface area (Å²) in [5.41, 5.74) is 0.897. The van der Waals surface area contributed by atoms with Crippen molar-refractivity contribution in [1.29, 1.82) is 0 Å². The fourth-order valence-electron chi connectivity index (χ4n) is 3.03. The molecule has 1 aliphatic heterocycles. The lowest BCUT2D eigenvalue weighted by atomic mass is 10.1. The van der Waals surface area contributed by atoms with E-state index >= 15 is 0 Å². The van der Waals surface area contributed by atoms with E-state index in [0.29, 0.717) is 42.4 Å². The normalized spacial score (nSPS) is 16.9. The van der Waals surface area contributed by atoms with Crippen molar-refractivity contribution in [1.82, 2.24) is 4.90 Å². The molecule has 1 heterocycles. The van der Waals surface area contributed by atoms with Crippen LogP contribution in [0.5, 0.6) is 17.2 Å². The predicted octanol–water partition coefficient (Wildman–Crippen LogP) is 2.06. The van der Waals surface area contributed by atoms with Gasteiger partial charge in [-0.25, -0.2) is 0 Å². The Bertz CT molecular complexity index is 626. The van der Waals surface area contributed by atoms with Gasteiger partial charge < -0.3 is 24.2 Å². The van der Waals surface area contributed by atoms with Crippen molar-refractivity contribution in [2.75, 3.05) is 39.4 Å². The number of amides is 1. The minimum absolute atomic E-state index is 0.0110. The van der Waals surface area contributed by atoms with Gasteiger partial charge in [-0.05, 0) is 24.1 Å². The van der Waals surface area contributed by atoms with Gasteiger partial charge in [-0.2, -0.15) is 11.8 Å². The maximum atomic E-state index is 12.6. The highest BCUT2D eigenvalue weighted by atomic mass is 32.2. The first kappa shape index (κ1) is 20.2. The molecule has 0 radical (unpaired) electrons. The molecule has 0 aliphatic carbocycles. The minimum Gasteiger partial charge on any atom is -0.493 e. The van der Waals surface area contributed by atoms with E-state index in [9.17, 15) is 9.59 Å². The Morgan fingerprint density at radius 3 is 2.38 bits per heavy atom. The lowest BCUT2D eigenvalue weighted by molar-refractivity contribution is -0.140. The van der Waals surface area contributed by atoms with E-state index in [2.05, 4.69) is 0 Å². The number of thioether (sulfide) groups is 1. The van der Waals surface area contributed by atoms with Crippen LogP contribution in [0.2, 0.25) is 0 Å². The van der Waals surface area contributed by atoms with Crippen LogP contribution in [0.15, 0.2) is 12.1 Å². The fourth-order valence-corrected chi connectivity index (χ4v) is 4.09. The second-order valence-electron chi connectivity index (χ2n) is 5.95. The van der Waals surface area contributed by atoms with Gasteiger partial charge in [-0.15, -0.1) is 0 Å². The second-order valence-corrected chi connectivity index (χ2v) is 7.10. The number of rotatable bonds is 8. The quantitative estimate of drug-likeness (QED) is 0.735. The first-order valence-electron chi connectivity index (χ1n) is 8.38. The Morgan fingerprint density at radius 1 is 1.19 bits per heavy atom. The van der Waals surface area contributed by atoms with Gasteiger partial charge in [0.25, 0.3) is 0 Å². The Morgan fingerprint density at radius 2 is 1.85 bits per heavy atom. The number of carboxylic acids is 1. The maximum Gasteiger partial charge on any atom is 0.305 e. The highest BCUT2D eigenvalue weighted by molar-refractivity contribution is 7.99. The molecule has 1 saturated heterocycles. The van der Waals surface area contributed by atoms with Gasteiger partial charge in [0.1, 0.15) is 0 Å². The van der Waals surface area contributed by atoms with Crippen molar-refractivity contribution in [2.45, 2.75) is 25.3 Å². The Balaban J connectivity index is 2.07. The van der Waals surface area contributed by atoms with Crippen LogP contribution in [0.1, 0.15) is 18.4 Å². The van der Waals surface area contributed by atoms with Crippen LogP contribution in [-0.2, 0) is 16.0 Å². The number of nitrogens with zero attached hydrogens (tertiary/aromatic N) is 1. The number of carbonyl (C=O) groups is 2. The van der Waals surface area contributed by atoms with Crippen LogP contribution in [-0.4, -0.2) is 67.3 Å². The Kier molecular flexibility index (Phi) is 7.44. The Hall–Kier alpha value is -2.09. The van der Waals surface area contributed by atoms with Crippen LogP contribution >= 0.6 is 11.8 Å². The summed E-state index contributed by atoms with van der Waals surface area (Å²) in [4.78, 5) is 25.4. The molecule has 1 aromatic carbocycles. The summed E-state index contributed by atoms with van der Waals surface area (Å²) in [6.07, 6.45) is 0.807. The van der Waals surface area contributed by atoms with E-state index in [-0.39, 0.29) is 18.4 Å². The molecule has 1 atom stereocenters. The second kappa shape index (κ2) is 9.56. The van der Waals surface area contributed by atoms with Crippen LogP contribution in [0.4, 0.5) is 0 Å². The van der Waals surface area contributed by atoms with Gasteiger partial charge in [0, 0.05) is 24.5 Å². The van der Waals surface area contributed by atoms with Gasteiger partial charge in [0.15, 0.2) is 11.5 Å². The van der Waals surface area contributed by atoms with E-state index in [0.717, 1.165) is 11.3 Å². The van der Waals surface area contributed by atoms with E-state index in [1.54, 1.807) is 38.0 Å². The van der Waals surface area contributed by atoms with Crippen molar-refractivity contribution in [3.63, 3.8) is 0 Å². The molecule has 2 rings (SSSR count). The molecule has 0 spiro atoms. The SMILES string of the molecule is COc1cc(CCC(=O)N2CCSCC2CC(=O)O)cc(OC)c1OC. The molecule has 1 aliphatic rings. The van der Waals surface area contributed by atoms with Gasteiger partial charge in [0.05, 0.1) is 33.8 Å². The number of benzene rings is 1. The maximum absolute atomic E-state index is 12.6. The summed E-state index contributed by atoms with van der Waals surface area (Å²) in [6.45, 7) is 0.594. The summed E-state index contributed by atoms with van der Waals surface area (Å²) in [6, 6.07) is 3.42. The van der Waals surface area contributed by atoms with E-state index in [4.69, 9.17) is 19.3 Å². The van der Waals surface area contributed by atoms with Crippen molar-refractivity contribution < 1.29 is 28.9 Å². The van der Waals surface area contributed by atoms with Crippen molar-refractivity contribution in [2.24, 2.45) is 0 Å². The molecule has 26 heavy (non-hydrogen) atoms. The number of hydrogen-bond donors (Lipinski definition) is 1. The van der Waals surface area contributed by atoms with Crippen LogP contribution in [0, 0.1) is 0 Å².